The first-order valence-corrected chi connectivity index (χ1v) is 14.0. The third kappa shape index (κ3) is 5.20. The first kappa shape index (κ1) is 26.3. The van der Waals surface area contributed by atoms with Gasteiger partial charge < -0.3 is 19.7 Å². The number of alkyl halides is 2. The maximum Gasteiger partial charge on any atom is 0.291 e. The van der Waals surface area contributed by atoms with Crippen molar-refractivity contribution in [2.75, 3.05) is 44.9 Å². The zero-order valence-electron chi connectivity index (χ0n) is 20.9. The minimum atomic E-state index is -3.97. The standard InChI is InChI=1S/C22H29F2N7O4S2/c1-21(2)10-30(7-13(26-21)9-34-4)15-5-14(37(32,33)29-22(3)11-35-12-22)8-31-16(15)6-25-18(31)20-28-27-19(36-20)17(23)24/h5-6,8,13,17,26,29H,7,9-12H2,1-4H3/t13-/m0/s1. The van der Waals surface area contributed by atoms with Gasteiger partial charge in [0.25, 0.3) is 6.43 Å². The monoisotopic (exact) mass is 557 g/mol. The van der Waals surface area contributed by atoms with Crippen molar-refractivity contribution in [3.63, 3.8) is 0 Å². The molecule has 2 saturated heterocycles. The molecule has 0 spiro atoms. The van der Waals surface area contributed by atoms with Crippen LogP contribution in [0.2, 0.25) is 0 Å². The number of hydrogen-bond acceptors (Lipinski definition) is 10. The Morgan fingerprint density at radius 3 is 2.70 bits per heavy atom. The molecular weight excluding hydrogens is 528 g/mol. The molecular formula is C22H29F2N7O4S2. The molecule has 2 fully saturated rings. The first-order valence-electron chi connectivity index (χ1n) is 11.7. The number of piperazine rings is 1. The van der Waals surface area contributed by atoms with Gasteiger partial charge in [0, 0.05) is 38.0 Å². The summed E-state index contributed by atoms with van der Waals surface area (Å²) < 4.78 is 68.3. The third-order valence-electron chi connectivity index (χ3n) is 6.28. The summed E-state index contributed by atoms with van der Waals surface area (Å²) in [6.07, 6.45) is 0.272. The van der Waals surface area contributed by atoms with E-state index in [0.29, 0.717) is 30.9 Å². The predicted molar refractivity (Wildman–Crippen MR) is 134 cm³/mol. The smallest absolute Gasteiger partial charge is 0.291 e. The Kier molecular flexibility index (Phi) is 6.73. The van der Waals surface area contributed by atoms with Gasteiger partial charge in [0.1, 0.15) is 4.90 Å². The SMILES string of the molecule is COC[C@@H]1CN(c2cc(S(=O)(=O)NC3(C)COC3)cn3c(-c4nnc(C(F)F)s4)ncc23)CC(C)(C)N1. The maximum absolute atomic E-state index is 13.5. The van der Waals surface area contributed by atoms with Gasteiger partial charge in [0.2, 0.25) is 10.0 Å². The molecule has 0 amide bonds. The van der Waals surface area contributed by atoms with Gasteiger partial charge in [0.15, 0.2) is 15.8 Å². The number of nitrogens with zero attached hydrogens (tertiary/aromatic N) is 5. The molecule has 0 aliphatic carbocycles. The minimum Gasteiger partial charge on any atom is -0.383 e. The number of methoxy groups -OCH3 is 1. The van der Waals surface area contributed by atoms with Crippen molar-refractivity contribution in [3.05, 3.63) is 23.5 Å². The van der Waals surface area contributed by atoms with Crippen molar-refractivity contribution in [1.82, 2.24) is 29.6 Å². The predicted octanol–water partition coefficient (Wildman–Crippen LogP) is 2.06. The molecule has 3 aromatic heterocycles. The number of aromatic nitrogens is 4. The second kappa shape index (κ2) is 9.47. The van der Waals surface area contributed by atoms with E-state index in [4.69, 9.17) is 9.47 Å². The van der Waals surface area contributed by atoms with Crippen LogP contribution in [0.1, 0.15) is 32.2 Å². The molecule has 2 aliphatic rings. The van der Waals surface area contributed by atoms with E-state index in [9.17, 15) is 17.2 Å². The van der Waals surface area contributed by atoms with Crippen LogP contribution in [-0.2, 0) is 19.5 Å². The molecule has 0 radical (unpaired) electrons. The fraction of sp³-hybridized carbons (Fsp3) is 0.591. The summed E-state index contributed by atoms with van der Waals surface area (Å²) in [5.41, 5.74) is 0.259. The number of rotatable bonds is 8. The molecule has 3 aromatic rings. The van der Waals surface area contributed by atoms with Gasteiger partial charge >= 0.3 is 0 Å². The number of sulfonamides is 1. The zero-order chi connectivity index (χ0) is 26.6. The second-order valence-electron chi connectivity index (χ2n) is 10.4. The van der Waals surface area contributed by atoms with Crippen LogP contribution in [0.25, 0.3) is 16.3 Å². The van der Waals surface area contributed by atoms with Crippen LogP contribution >= 0.6 is 11.3 Å². The van der Waals surface area contributed by atoms with Crippen LogP contribution in [0, 0.1) is 0 Å². The van der Waals surface area contributed by atoms with E-state index in [0.717, 1.165) is 11.3 Å². The molecule has 0 saturated carbocycles. The topological polar surface area (TPSA) is 123 Å². The Hall–Kier alpha value is -2.30. The molecule has 0 bridgehead atoms. The second-order valence-corrected chi connectivity index (χ2v) is 13.1. The molecule has 5 rings (SSSR count). The summed E-state index contributed by atoms with van der Waals surface area (Å²) >= 11 is 0.721. The number of halogens is 2. The molecule has 5 heterocycles. The number of anilines is 1. The molecule has 202 valence electrons. The normalized spacial score (nSPS) is 21.5. The average Bonchev–Trinajstić information content (AvgIpc) is 3.43. The average molecular weight is 558 g/mol. The number of imidazole rings is 1. The number of pyridine rings is 1. The fourth-order valence-electron chi connectivity index (χ4n) is 4.81. The third-order valence-corrected chi connectivity index (χ3v) is 8.81. The zero-order valence-corrected chi connectivity index (χ0v) is 22.5. The first-order chi connectivity index (χ1) is 17.4. The van der Waals surface area contributed by atoms with Crippen molar-refractivity contribution in [3.8, 4) is 10.8 Å². The lowest BCUT2D eigenvalue weighted by Crippen LogP contribution is -2.63. The summed E-state index contributed by atoms with van der Waals surface area (Å²) in [7, 11) is -2.33. The molecule has 0 unspecified atom stereocenters. The molecule has 1 atom stereocenters. The van der Waals surface area contributed by atoms with E-state index < -0.39 is 27.0 Å². The Morgan fingerprint density at radius 1 is 1.32 bits per heavy atom. The summed E-state index contributed by atoms with van der Waals surface area (Å²) in [5, 5.41) is 10.7. The Balaban J connectivity index is 1.65. The van der Waals surface area contributed by atoms with Gasteiger partial charge in [-0.3, -0.25) is 4.40 Å². The quantitative estimate of drug-likeness (QED) is 0.428. The van der Waals surface area contributed by atoms with E-state index in [2.05, 4.69) is 44.0 Å². The van der Waals surface area contributed by atoms with E-state index in [1.165, 1.54) is 6.20 Å². The summed E-state index contributed by atoms with van der Waals surface area (Å²) in [6.45, 7) is 8.05. The highest BCUT2D eigenvalue weighted by molar-refractivity contribution is 7.89. The van der Waals surface area contributed by atoms with Gasteiger partial charge in [-0.1, -0.05) is 11.3 Å². The summed E-state index contributed by atoms with van der Waals surface area (Å²) in [6, 6.07) is 1.62. The van der Waals surface area contributed by atoms with Crippen LogP contribution in [0.4, 0.5) is 14.5 Å². The lowest BCUT2D eigenvalue weighted by molar-refractivity contribution is -0.0523. The largest absolute Gasteiger partial charge is 0.383 e. The Labute approximate surface area is 217 Å². The molecule has 0 aromatic carbocycles. The van der Waals surface area contributed by atoms with E-state index in [1.807, 2.05) is 0 Å². The highest BCUT2D eigenvalue weighted by Crippen LogP contribution is 2.34. The van der Waals surface area contributed by atoms with E-state index in [1.54, 1.807) is 30.7 Å². The maximum atomic E-state index is 13.5. The van der Waals surface area contributed by atoms with E-state index >= 15 is 0 Å². The lowest BCUT2D eigenvalue weighted by Gasteiger charge is -2.45. The molecule has 2 N–H and O–H groups in total. The summed E-state index contributed by atoms with van der Waals surface area (Å²) in [5.74, 6) is 0.235. The van der Waals surface area contributed by atoms with Crippen molar-refractivity contribution in [1.29, 1.82) is 0 Å². The minimum absolute atomic E-state index is 0.00243. The van der Waals surface area contributed by atoms with Gasteiger partial charge in [-0.2, -0.15) is 0 Å². The number of nitrogens with one attached hydrogen (secondary N) is 2. The highest BCUT2D eigenvalue weighted by atomic mass is 32.2. The van der Waals surface area contributed by atoms with Gasteiger partial charge in [-0.05, 0) is 26.8 Å². The van der Waals surface area contributed by atoms with Crippen molar-refractivity contribution < 1.29 is 26.7 Å². The number of ether oxygens (including phenoxy) is 2. The number of hydrogen-bond donors (Lipinski definition) is 2. The molecule has 11 nitrogen and oxygen atoms in total. The van der Waals surface area contributed by atoms with Crippen LogP contribution in [0.5, 0.6) is 0 Å². The van der Waals surface area contributed by atoms with Crippen LogP contribution < -0.4 is 14.9 Å². The van der Waals surface area contributed by atoms with Crippen molar-refractivity contribution in [2.45, 2.75) is 49.2 Å². The van der Waals surface area contributed by atoms with E-state index in [-0.39, 0.29) is 40.5 Å². The van der Waals surface area contributed by atoms with Crippen molar-refractivity contribution >= 4 is 32.6 Å². The highest BCUT2D eigenvalue weighted by Gasteiger charge is 2.39. The molecule has 15 heteroatoms. The molecule has 2 aliphatic heterocycles. The van der Waals surface area contributed by atoms with Gasteiger partial charge in [0.05, 0.1) is 42.8 Å². The summed E-state index contributed by atoms with van der Waals surface area (Å²) in [4.78, 5) is 6.54. The molecule has 37 heavy (non-hydrogen) atoms. The van der Waals surface area contributed by atoms with Gasteiger partial charge in [-0.25, -0.2) is 26.9 Å². The van der Waals surface area contributed by atoms with Crippen molar-refractivity contribution in [2.24, 2.45) is 0 Å². The van der Waals surface area contributed by atoms with Crippen LogP contribution in [-0.4, -0.2) is 85.1 Å². The van der Waals surface area contributed by atoms with Crippen LogP contribution in [0.15, 0.2) is 23.4 Å². The lowest BCUT2D eigenvalue weighted by atomic mass is 9.98. The number of fused-ring (bicyclic) bond motifs is 1. The van der Waals surface area contributed by atoms with Gasteiger partial charge in [-0.15, -0.1) is 10.2 Å². The Bertz CT molecular complexity index is 1410. The van der Waals surface area contributed by atoms with Crippen LogP contribution in [0.3, 0.4) is 0 Å². The fourth-order valence-corrected chi connectivity index (χ4v) is 6.90. The Morgan fingerprint density at radius 2 is 2.08 bits per heavy atom.